The molecule has 6 heteroatoms. The molecule has 0 heterocycles. The van der Waals surface area contributed by atoms with E-state index in [9.17, 15) is 26.3 Å². The summed E-state index contributed by atoms with van der Waals surface area (Å²) in [7, 11) is 0. The first-order valence-corrected chi connectivity index (χ1v) is 4.05. The Morgan fingerprint density at radius 3 is 1.93 bits per heavy atom. The van der Waals surface area contributed by atoms with Crippen LogP contribution in [0, 0.1) is 0 Å². The lowest BCUT2D eigenvalue weighted by atomic mass is 9.68. The third kappa shape index (κ3) is 0.866. The average Bonchev–Trinajstić information content (AvgIpc) is 2.06. The molecule has 3 rings (SSSR count). The van der Waals surface area contributed by atoms with Crippen LogP contribution in [0.2, 0.25) is 0 Å². The summed E-state index contributed by atoms with van der Waals surface area (Å²) in [6.07, 6.45) is -3.37. The van der Waals surface area contributed by atoms with Crippen molar-refractivity contribution in [2.24, 2.45) is 0 Å². The van der Waals surface area contributed by atoms with Gasteiger partial charge in [0.15, 0.2) is 17.3 Å². The van der Waals surface area contributed by atoms with E-state index in [0.29, 0.717) is 0 Å². The van der Waals surface area contributed by atoms with Crippen molar-refractivity contribution in [3.8, 4) is 0 Å². The summed E-state index contributed by atoms with van der Waals surface area (Å²) in [6, 6.07) is 0. The molecule has 80 valence electrons. The number of rotatable bonds is 0. The van der Waals surface area contributed by atoms with E-state index in [0.717, 1.165) is 0 Å². The fourth-order valence-electron chi connectivity index (χ4n) is 1.96. The van der Waals surface area contributed by atoms with E-state index in [1.165, 1.54) is 0 Å². The molecule has 0 spiro atoms. The van der Waals surface area contributed by atoms with E-state index < -0.39 is 48.2 Å². The van der Waals surface area contributed by atoms with Gasteiger partial charge in [0.1, 0.15) is 0 Å². The zero-order valence-electron chi connectivity index (χ0n) is 6.89. The van der Waals surface area contributed by atoms with Crippen molar-refractivity contribution >= 4 is 0 Å². The summed E-state index contributed by atoms with van der Waals surface area (Å²) >= 11 is 0. The van der Waals surface area contributed by atoms with Crippen molar-refractivity contribution in [1.29, 1.82) is 0 Å². The first kappa shape index (κ1) is 9.86. The van der Waals surface area contributed by atoms with Crippen LogP contribution in [-0.2, 0) is 0 Å². The van der Waals surface area contributed by atoms with Gasteiger partial charge in [-0.15, -0.1) is 0 Å². The number of fused-ring (bicyclic) bond motifs is 2. The molecular weight excluding hydrogens is 210 g/mol. The monoisotopic (exact) mass is 216 g/mol. The van der Waals surface area contributed by atoms with Crippen molar-refractivity contribution in [3.05, 3.63) is 11.7 Å². The lowest BCUT2D eigenvalue weighted by Gasteiger charge is -2.46. The minimum atomic E-state index is -4.17. The van der Waals surface area contributed by atoms with E-state index in [4.69, 9.17) is 0 Å². The molecule has 0 aromatic carbocycles. The van der Waals surface area contributed by atoms with Crippen LogP contribution >= 0.6 is 0 Å². The first-order valence-electron chi connectivity index (χ1n) is 4.05. The van der Waals surface area contributed by atoms with Gasteiger partial charge in [0.05, 0.1) is 6.42 Å². The maximum Gasteiger partial charge on any atom is 0.291 e. The highest BCUT2D eigenvalue weighted by molar-refractivity contribution is 5.35. The van der Waals surface area contributed by atoms with Gasteiger partial charge in [0.2, 0.25) is 5.67 Å². The molecule has 1 fully saturated rings. The average molecular weight is 216 g/mol. The summed E-state index contributed by atoms with van der Waals surface area (Å²) in [6.45, 7) is 0. The minimum absolute atomic E-state index is 0.738. The number of halogens is 6. The van der Waals surface area contributed by atoms with Crippen LogP contribution < -0.4 is 0 Å². The third-order valence-electron chi connectivity index (χ3n) is 2.88. The van der Waals surface area contributed by atoms with Crippen LogP contribution in [0.15, 0.2) is 11.7 Å². The molecule has 0 aliphatic heterocycles. The Balaban J connectivity index is 2.62. The molecule has 2 bridgehead atoms. The lowest BCUT2D eigenvalue weighted by Crippen LogP contribution is -2.59. The smallest absolute Gasteiger partial charge is 0.236 e. The molecule has 0 aromatic rings. The van der Waals surface area contributed by atoms with E-state index >= 15 is 0 Å². The summed E-state index contributed by atoms with van der Waals surface area (Å²) in [5.41, 5.74) is -6.67. The predicted molar refractivity (Wildman–Crippen MR) is 35.7 cm³/mol. The molecule has 2 atom stereocenters. The van der Waals surface area contributed by atoms with Gasteiger partial charge < -0.3 is 0 Å². The maximum atomic E-state index is 13.3. The predicted octanol–water partition coefficient (Wildman–Crippen LogP) is 3.39. The highest BCUT2D eigenvalue weighted by atomic mass is 19.3. The summed E-state index contributed by atoms with van der Waals surface area (Å²) in [4.78, 5) is 0. The Bertz CT molecular complexity index is 322. The van der Waals surface area contributed by atoms with Gasteiger partial charge in [-0.1, -0.05) is 0 Å². The second-order valence-electron chi connectivity index (χ2n) is 3.78. The first-order chi connectivity index (χ1) is 6.23. The van der Waals surface area contributed by atoms with Crippen molar-refractivity contribution in [2.45, 2.75) is 36.5 Å². The van der Waals surface area contributed by atoms with E-state index in [1.807, 2.05) is 0 Å². The van der Waals surface area contributed by atoms with E-state index in [1.54, 1.807) is 0 Å². The van der Waals surface area contributed by atoms with Gasteiger partial charge in [-0.2, -0.15) is 0 Å². The van der Waals surface area contributed by atoms with Crippen LogP contribution in [0.25, 0.3) is 0 Å². The molecule has 3 aliphatic carbocycles. The Labute approximate surface area is 75.6 Å². The zero-order chi connectivity index (χ0) is 10.8. The maximum absolute atomic E-state index is 13.3. The molecule has 1 saturated carbocycles. The molecule has 3 aliphatic rings. The van der Waals surface area contributed by atoms with Gasteiger partial charge in [0, 0.05) is 0 Å². The molecule has 2 unspecified atom stereocenters. The fourth-order valence-corrected chi connectivity index (χ4v) is 1.96. The van der Waals surface area contributed by atoms with Crippen molar-refractivity contribution in [2.75, 3.05) is 0 Å². The Hall–Kier alpha value is -0.680. The summed E-state index contributed by atoms with van der Waals surface area (Å²) in [5, 5.41) is 0. The van der Waals surface area contributed by atoms with Crippen molar-refractivity contribution in [1.82, 2.24) is 0 Å². The van der Waals surface area contributed by atoms with Crippen LogP contribution in [0.5, 0.6) is 0 Å². The Kier molecular flexibility index (Phi) is 1.60. The van der Waals surface area contributed by atoms with Gasteiger partial charge in [0.25, 0.3) is 5.92 Å². The van der Waals surface area contributed by atoms with Crippen LogP contribution in [0.4, 0.5) is 26.3 Å². The molecule has 0 aromatic heterocycles. The molecule has 0 saturated heterocycles. The van der Waals surface area contributed by atoms with Crippen LogP contribution in [-0.4, -0.2) is 17.3 Å². The quantitative estimate of drug-likeness (QED) is 0.544. The second kappa shape index (κ2) is 2.28. The van der Waals surface area contributed by atoms with Gasteiger partial charge in [-0.25, -0.2) is 26.3 Å². The number of alkyl halides is 4. The van der Waals surface area contributed by atoms with Gasteiger partial charge >= 0.3 is 0 Å². The largest absolute Gasteiger partial charge is 0.291 e. The molecule has 0 radical (unpaired) electrons. The number of allylic oxidation sites excluding steroid dienone is 2. The van der Waals surface area contributed by atoms with Gasteiger partial charge in [-0.05, 0) is 12.8 Å². The summed E-state index contributed by atoms with van der Waals surface area (Å²) in [5.74, 6) is -8.45. The van der Waals surface area contributed by atoms with Gasteiger partial charge in [-0.3, -0.25) is 0 Å². The lowest BCUT2D eigenvalue weighted by molar-refractivity contribution is -0.199. The third-order valence-corrected chi connectivity index (χ3v) is 2.88. The second-order valence-corrected chi connectivity index (χ2v) is 3.78. The fraction of sp³-hybridized carbons (Fsp3) is 0.750. The summed E-state index contributed by atoms with van der Waals surface area (Å²) < 4.78 is 78.1. The highest BCUT2D eigenvalue weighted by Crippen LogP contribution is 2.61. The molecular formula is C8H6F6. The molecule has 0 amide bonds. The van der Waals surface area contributed by atoms with Crippen molar-refractivity contribution < 1.29 is 26.3 Å². The van der Waals surface area contributed by atoms with E-state index in [-0.39, 0.29) is 0 Å². The van der Waals surface area contributed by atoms with Crippen molar-refractivity contribution in [3.63, 3.8) is 0 Å². The Morgan fingerprint density at radius 1 is 0.857 bits per heavy atom. The number of hydrogen-bond acceptors (Lipinski definition) is 0. The SMILES string of the molecule is FC1=C(F)C2(F)CCC1(F)CC2(F)F. The minimum Gasteiger partial charge on any atom is -0.236 e. The molecule has 0 N–H and O–H groups in total. The zero-order valence-corrected chi connectivity index (χ0v) is 6.89. The van der Waals surface area contributed by atoms with Crippen LogP contribution in [0.1, 0.15) is 19.3 Å². The molecule has 0 nitrogen and oxygen atoms in total. The normalized spacial score (nSPS) is 45.9. The standard InChI is InChI=1S/C8H6F6/c9-4-5(10)7(12)2-1-6(4,11)3-8(7,13)14/h1-3H2. The van der Waals surface area contributed by atoms with E-state index in [2.05, 4.69) is 0 Å². The van der Waals surface area contributed by atoms with Crippen LogP contribution in [0.3, 0.4) is 0 Å². The molecule has 14 heavy (non-hydrogen) atoms. The Morgan fingerprint density at radius 2 is 1.43 bits per heavy atom. The highest BCUT2D eigenvalue weighted by Gasteiger charge is 2.72. The number of hydrogen-bond donors (Lipinski definition) is 0. The topological polar surface area (TPSA) is 0 Å².